The van der Waals surface area contributed by atoms with E-state index in [1.54, 1.807) is 7.11 Å². The van der Waals surface area contributed by atoms with Crippen molar-refractivity contribution in [2.45, 2.75) is 39.2 Å². The highest BCUT2D eigenvalue weighted by Gasteiger charge is 2.09. The molecule has 0 aliphatic rings. The molecule has 98 valence electrons. The normalized spacial score (nSPS) is 12.2. The van der Waals surface area contributed by atoms with Crippen molar-refractivity contribution in [1.29, 1.82) is 0 Å². The summed E-state index contributed by atoms with van der Waals surface area (Å²) in [6, 6.07) is 0.471. The summed E-state index contributed by atoms with van der Waals surface area (Å²) < 4.78 is 27.9. The number of hydrogen-bond acceptors (Lipinski definition) is 4. The van der Waals surface area contributed by atoms with Crippen LogP contribution in [-0.4, -0.2) is 46.2 Å². The first-order valence-electron chi connectivity index (χ1n) is 5.90. The summed E-state index contributed by atoms with van der Waals surface area (Å²) in [5, 5.41) is 3.27. The summed E-state index contributed by atoms with van der Waals surface area (Å²) in [4.78, 5) is 0. The Kier molecular flexibility index (Phi) is 8.89. The number of nitrogens with one attached hydrogen (secondary N) is 1. The Bertz CT molecular complexity index is 250. The average Bonchev–Trinajstić information content (AvgIpc) is 2.16. The molecule has 0 aliphatic carbocycles. The van der Waals surface area contributed by atoms with Crippen LogP contribution in [0.5, 0.6) is 0 Å². The van der Waals surface area contributed by atoms with E-state index >= 15 is 0 Å². The molecule has 0 atom stereocenters. The topological polar surface area (TPSA) is 55.4 Å². The Morgan fingerprint density at radius 1 is 1.12 bits per heavy atom. The Labute approximate surface area is 99.7 Å². The summed E-state index contributed by atoms with van der Waals surface area (Å²) in [5.74, 6) is 0.551. The maximum absolute atomic E-state index is 11.5. The molecule has 0 fully saturated rings. The summed E-state index contributed by atoms with van der Waals surface area (Å²) in [6.45, 7) is 5.59. The van der Waals surface area contributed by atoms with Gasteiger partial charge in [-0.3, -0.25) is 0 Å². The number of sulfone groups is 1. The third-order valence-electron chi connectivity index (χ3n) is 2.24. The van der Waals surface area contributed by atoms with Crippen LogP contribution >= 0.6 is 0 Å². The van der Waals surface area contributed by atoms with Gasteiger partial charge in [0, 0.05) is 19.8 Å². The summed E-state index contributed by atoms with van der Waals surface area (Å²) in [5.41, 5.74) is 0. The Hall–Kier alpha value is -0.130. The lowest BCUT2D eigenvalue weighted by Gasteiger charge is -2.07. The third kappa shape index (κ3) is 10.4. The van der Waals surface area contributed by atoms with Crippen molar-refractivity contribution >= 4 is 9.84 Å². The van der Waals surface area contributed by atoms with E-state index in [0.717, 1.165) is 19.4 Å². The molecule has 1 N–H and O–H groups in total. The molecule has 0 radical (unpaired) electrons. The van der Waals surface area contributed by atoms with E-state index in [-0.39, 0.29) is 5.75 Å². The third-order valence-corrected chi connectivity index (χ3v) is 4.06. The van der Waals surface area contributed by atoms with E-state index in [9.17, 15) is 8.42 Å². The van der Waals surface area contributed by atoms with Crippen molar-refractivity contribution in [3.8, 4) is 0 Å². The second kappa shape index (κ2) is 8.96. The van der Waals surface area contributed by atoms with Crippen LogP contribution in [-0.2, 0) is 14.6 Å². The van der Waals surface area contributed by atoms with Crippen molar-refractivity contribution in [1.82, 2.24) is 5.32 Å². The molecule has 0 unspecified atom stereocenters. The SMILES string of the molecule is COCCCS(=O)(=O)CCCCNC(C)C. The minimum Gasteiger partial charge on any atom is -0.385 e. The predicted molar refractivity (Wildman–Crippen MR) is 67.5 cm³/mol. The van der Waals surface area contributed by atoms with Gasteiger partial charge in [0.05, 0.1) is 11.5 Å². The lowest BCUT2D eigenvalue weighted by Crippen LogP contribution is -2.24. The molecule has 0 saturated carbocycles. The van der Waals surface area contributed by atoms with Crippen LogP contribution in [0.25, 0.3) is 0 Å². The Morgan fingerprint density at radius 2 is 1.75 bits per heavy atom. The van der Waals surface area contributed by atoms with Gasteiger partial charge in [-0.2, -0.15) is 0 Å². The zero-order valence-electron chi connectivity index (χ0n) is 10.7. The molecule has 0 aromatic carbocycles. The van der Waals surface area contributed by atoms with Gasteiger partial charge in [-0.05, 0) is 25.8 Å². The smallest absolute Gasteiger partial charge is 0.150 e. The van der Waals surface area contributed by atoms with Crippen LogP contribution in [0.1, 0.15) is 33.1 Å². The maximum atomic E-state index is 11.5. The zero-order valence-corrected chi connectivity index (χ0v) is 11.5. The summed E-state index contributed by atoms with van der Waals surface area (Å²) >= 11 is 0. The molecule has 0 bridgehead atoms. The zero-order chi connectivity index (χ0) is 12.4. The highest BCUT2D eigenvalue weighted by molar-refractivity contribution is 7.91. The molecule has 0 amide bonds. The van der Waals surface area contributed by atoms with Crippen LogP contribution in [0.2, 0.25) is 0 Å². The quantitative estimate of drug-likeness (QED) is 0.593. The Morgan fingerprint density at radius 3 is 2.31 bits per heavy atom. The predicted octanol–water partition coefficient (Wildman–Crippen LogP) is 1.22. The second-order valence-corrected chi connectivity index (χ2v) is 6.62. The number of unbranched alkanes of at least 4 members (excludes halogenated alkanes) is 1. The summed E-state index contributed by atoms with van der Waals surface area (Å²) in [6.07, 6.45) is 2.26. The lowest BCUT2D eigenvalue weighted by atomic mass is 10.3. The van der Waals surface area contributed by atoms with Crippen LogP contribution < -0.4 is 5.32 Å². The van der Waals surface area contributed by atoms with Gasteiger partial charge >= 0.3 is 0 Å². The van der Waals surface area contributed by atoms with Gasteiger partial charge in [0.25, 0.3) is 0 Å². The first-order valence-corrected chi connectivity index (χ1v) is 7.73. The van der Waals surface area contributed by atoms with Crippen molar-refractivity contribution < 1.29 is 13.2 Å². The maximum Gasteiger partial charge on any atom is 0.150 e. The fourth-order valence-electron chi connectivity index (χ4n) is 1.36. The van der Waals surface area contributed by atoms with Gasteiger partial charge in [0.1, 0.15) is 9.84 Å². The molecule has 5 heteroatoms. The highest BCUT2D eigenvalue weighted by Crippen LogP contribution is 1.99. The van der Waals surface area contributed by atoms with Crippen molar-refractivity contribution in [2.75, 3.05) is 31.8 Å². The fourth-order valence-corrected chi connectivity index (χ4v) is 2.77. The van der Waals surface area contributed by atoms with E-state index in [1.807, 2.05) is 0 Å². The largest absolute Gasteiger partial charge is 0.385 e. The molecule has 4 nitrogen and oxygen atoms in total. The van der Waals surface area contributed by atoms with E-state index in [0.29, 0.717) is 24.8 Å². The van der Waals surface area contributed by atoms with E-state index in [2.05, 4.69) is 19.2 Å². The van der Waals surface area contributed by atoms with Crippen LogP contribution in [0.3, 0.4) is 0 Å². The van der Waals surface area contributed by atoms with Crippen LogP contribution in [0.15, 0.2) is 0 Å². The minimum absolute atomic E-state index is 0.248. The first-order chi connectivity index (χ1) is 7.48. The van der Waals surface area contributed by atoms with Crippen LogP contribution in [0, 0.1) is 0 Å². The molecule has 0 saturated heterocycles. The molecule has 0 aromatic heterocycles. The standard InChI is InChI=1S/C11H25NO3S/c1-11(2)12-7-4-5-9-16(13,14)10-6-8-15-3/h11-12H,4-10H2,1-3H3. The van der Waals surface area contributed by atoms with Gasteiger partial charge in [0.2, 0.25) is 0 Å². The van der Waals surface area contributed by atoms with Crippen molar-refractivity contribution in [3.63, 3.8) is 0 Å². The molecule has 0 spiro atoms. The monoisotopic (exact) mass is 251 g/mol. The van der Waals surface area contributed by atoms with Crippen LogP contribution in [0.4, 0.5) is 0 Å². The van der Waals surface area contributed by atoms with E-state index < -0.39 is 9.84 Å². The molecule has 0 rings (SSSR count). The molecule has 0 aliphatic heterocycles. The molecule has 16 heavy (non-hydrogen) atoms. The number of rotatable bonds is 10. The number of hydrogen-bond donors (Lipinski definition) is 1. The van der Waals surface area contributed by atoms with Gasteiger partial charge < -0.3 is 10.1 Å². The average molecular weight is 251 g/mol. The van der Waals surface area contributed by atoms with Gasteiger partial charge in [-0.1, -0.05) is 13.8 Å². The molecular weight excluding hydrogens is 226 g/mol. The van der Waals surface area contributed by atoms with E-state index in [4.69, 9.17) is 4.74 Å². The second-order valence-electron chi connectivity index (χ2n) is 4.31. The fraction of sp³-hybridized carbons (Fsp3) is 1.00. The molecular formula is C11H25NO3S. The minimum atomic E-state index is -2.86. The summed E-state index contributed by atoms with van der Waals surface area (Å²) in [7, 11) is -1.27. The molecule has 0 heterocycles. The Balaban J connectivity index is 3.51. The van der Waals surface area contributed by atoms with Gasteiger partial charge in [0.15, 0.2) is 0 Å². The highest BCUT2D eigenvalue weighted by atomic mass is 32.2. The molecule has 0 aromatic rings. The number of ether oxygens (including phenoxy) is 1. The first kappa shape index (κ1) is 15.9. The van der Waals surface area contributed by atoms with Crippen molar-refractivity contribution in [2.24, 2.45) is 0 Å². The lowest BCUT2D eigenvalue weighted by molar-refractivity contribution is 0.199. The van der Waals surface area contributed by atoms with Gasteiger partial charge in [-0.25, -0.2) is 8.42 Å². The van der Waals surface area contributed by atoms with Gasteiger partial charge in [-0.15, -0.1) is 0 Å². The van der Waals surface area contributed by atoms with E-state index in [1.165, 1.54) is 0 Å². The number of methoxy groups -OCH3 is 1. The van der Waals surface area contributed by atoms with Crippen molar-refractivity contribution in [3.05, 3.63) is 0 Å².